The summed E-state index contributed by atoms with van der Waals surface area (Å²) in [6.45, 7) is 4.80. The molecule has 3 aromatic rings. The highest BCUT2D eigenvalue weighted by Crippen LogP contribution is 2.34. The molecule has 0 saturated heterocycles. The van der Waals surface area contributed by atoms with Gasteiger partial charge in [-0.2, -0.15) is 0 Å². The number of thiophene rings is 1. The van der Waals surface area contributed by atoms with Gasteiger partial charge in [0.15, 0.2) is 0 Å². The van der Waals surface area contributed by atoms with Crippen LogP contribution in [0.25, 0.3) is 0 Å². The van der Waals surface area contributed by atoms with Crippen molar-refractivity contribution < 1.29 is 14.3 Å². The molecule has 1 aliphatic rings. The molecular weight excluding hydrogens is 517 g/mol. The number of benzene rings is 2. The molecule has 1 N–H and O–H groups in total. The highest BCUT2D eigenvalue weighted by molar-refractivity contribution is 7.10. The average molecular weight is 547 g/mol. The number of amides is 3. The molecule has 4 rings (SSSR count). The maximum atomic E-state index is 13.7. The Morgan fingerprint density at radius 3 is 2.67 bits per heavy atom. The Bertz CT molecular complexity index is 1200. The summed E-state index contributed by atoms with van der Waals surface area (Å²) in [7, 11) is 0. The minimum atomic E-state index is -0.331. The van der Waals surface area contributed by atoms with E-state index < -0.39 is 0 Å². The van der Waals surface area contributed by atoms with Crippen LogP contribution in [0.2, 0.25) is 10.0 Å². The number of carbonyl (C=O) groups excluding carboxylic acids is 2. The minimum absolute atomic E-state index is 0.0294. The first kappa shape index (κ1) is 26.3. The summed E-state index contributed by atoms with van der Waals surface area (Å²) in [5.74, 6) is 0.578. The van der Waals surface area contributed by atoms with Crippen LogP contribution in [-0.2, 0) is 11.2 Å². The summed E-state index contributed by atoms with van der Waals surface area (Å²) in [5.41, 5.74) is 1.69. The fraction of sp³-hybridized carbons (Fsp3) is 0.333. The molecule has 0 radical (unpaired) electrons. The van der Waals surface area contributed by atoms with Gasteiger partial charge in [-0.15, -0.1) is 11.3 Å². The van der Waals surface area contributed by atoms with E-state index >= 15 is 0 Å². The molecule has 6 nitrogen and oxygen atoms in total. The van der Waals surface area contributed by atoms with E-state index in [1.807, 2.05) is 30.9 Å². The smallest absolute Gasteiger partial charge is 0.322 e. The van der Waals surface area contributed by atoms with Crippen LogP contribution in [-0.4, -0.2) is 47.5 Å². The van der Waals surface area contributed by atoms with Crippen LogP contribution >= 0.6 is 34.5 Å². The number of ether oxygens (including phenoxy) is 1. The Morgan fingerprint density at radius 1 is 1.17 bits per heavy atom. The lowest BCUT2D eigenvalue weighted by molar-refractivity contribution is -0.135. The molecule has 36 heavy (non-hydrogen) atoms. The van der Waals surface area contributed by atoms with Gasteiger partial charge in [0.25, 0.3) is 0 Å². The maximum Gasteiger partial charge on any atom is 0.322 e. The van der Waals surface area contributed by atoms with Crippen molar-refractivity contribution >= 4 is 52.2 Å². The number of carbonyl (C=O) groups is 2. The van der Waals surface area contributed by atoms with Crippen LogP contribution in [0.1, 0.15) is 36.8 Å². The van der Waals surface area contributed by atoms with Crippen LogP contribution in [0.3, 0.4) is 0 Å². The molecule has 0 unspecified atom stereocenters. The zero-order valence-electron chi connectivity index (χ0n) is 20.2. The second-order valence-corrected chi connectivity index (χ2v) is 10.6. The van der Waals surface area contributed by atoms with Crippen molar-refractivity contribution in [2.24, 2.45) is 0 Å². The Balaban J connectivity index is 1.50. The second-order valence-electron chi connectivity index (χ2n) is 8.74. The molecule has 1 aromatic heterocycles. The number of rotatable bonds is 8. The van der Waals surface area contributed by atoms with Gasteiger partial charge in [-0.1, -0.05) is 36.2 Å². The van der Waals surface area contributed by atoms with E-state index in [4.69, 9.17) is 27.9 Å². The molecule has 2 atom stereocenters. The van der Waals surface area contributed by atoms with Gasteiger partial charge in [-0.25, -0.2) is 4.79 Å². The Morgan fingerprint density at radius 2 is 1.94 bits per heavy atom. The van der Waals surface area contributed by atoms with Gasteiger partial charge in [-0.05, 0) is 79.2 Å². The van der Waals surface area contributed by atoms with E-state index in [0.29, 0.717) is 41.1 Å². The SMILES string of the molecule is CC[C@H](C)N(CC(=O)N1CCc2sccc2[C@H]1COc1ccc(Cl)cc1)C(=O)Nc1cccc(Cl)c1. The second kappa shape index (κ2) is 12.0. The summed E-state index contributed by atoms with van der Waals surface area (Å²) < 4.78 is 6.07. The average Bonchev–Trinajstić information content (AvgIpc) is 3.35. The number of hydrogen-bond acceptors (Lipinski definition) is 4. The fourth-order valence-corrected chi connectivity index (χ4v) is 5.47. The number of fused-ring (bicyclic) bond motifs is 1. The third kappa shape index (κ3) is 6.33. The zero-order chi connectivity index (χ0) is 25.7. The number of nitrogens with one attached hydrogen (secondary N) is 1. The monoisotopic (exact) mass is 545 g/mol. The normalized spacial score (nSPS) is 15.7. The van der Waals surface area contributed by atoms with E-state index in [2.05, 4.69) is 16.8 Å². The summed E-state index contributed by atoms with van der Waals surface area (Å²) in [4.78, 5) is 31.5. The lowest BCUT2D eigenvalue weighted by Crippen LogP contribution is -2.50. The molecule has 0 bridgehead atoms. The minimum Gasteiger partial charge on any atom is -0.491 e. The highest BCUT2D eigenvalue weighted by atomic mass is 35.5. The van der Waals surface area contributed by atoms with Crippen molar-refractivity contribution in [3.63, 3.8) is 0 Å². The van der Waals surface area contributed by atoms with Gasteiger partial charge in [-0.3, -0.25) is 4.79 Å². The van der Waals surface area contributed by atoms with Crippen molar-refractivity contribution in [1.82, 2.24) is 9.80 Å². The number of anilines is 1. The zero-order valence-corrected chi connectivity index (χ0v) is 22.6. The first-order valence-electron chi connectivity index (χ1n) is 11.9. The maximum absolute atomic E-state index is 13.7. The molecule has 3 amide bonds. The van der Waals surface area contributed by atoms with Gasteiger partial charge < -0.3 is 19.9 Å². The first-order chi connectivity index (χ1) is 17.4. The summed E-state index contributed by atoms with van der Waals surface area (Å²) in [6, 6.07) is 15.5. The van der Waals surface area contributed by atoms with E-state index in [-0.39, 0.29) is 30.6 Å². The molecule has 0 fully saturated rings. The van der Waals surface area contributed by atoms with Gasteiger partial charge in [0.1, 0.15) is 18.9 Å². The molecule has 2 aromatic carbocycles. The molecule has 0 aliphatic carbocycles. The lowest BCUT2D eigenvalue weighted by atomic mass is 10.00. The summed E-state index contributed by atoms with van der Waals surface area (Å²) in [6.07, 6.45) is 1.50. The van der Waals surface area contributed by atoms with E-state index in [1.165, 1.54) is 4.88 Å². The van der Waals surface area contributed by atoms with Gasteiger partial charge in [0.05, 0.1) is 6.04 Å². The first-order valence-corrected chi connectivity index (χ1v) is 13.6. The molecule has 0 saturated carbocycles. The lowest BCUT2D eigenvalue weighted by Gasteiger charge is -2.38. The molecule has 9 heteroatoms. The van der Waals surface area contributed by atoms with Gasteiger partial charge in [0.2, 0.25) is 5.91 Å². The topological polar surface area (TPSA) is 61.9 Å². The van der Waals surface area contributed by atoms with E-state index in [0.717, 1.165) is 12.0 Å². The predicted molar refractivity (Wildman–Crippen MR) is 146 cm³/mol. The largest absolute Gasteiger partial charge is 0.491 e. The van der Waals surface area contributed by atoms with Crippen molar-refractivity contribution in [2.45, 2.75) is 38.8 Å². The number of urea groups is 1. The molecule has 190 valence electrons. The number of halogens is 2. The van der Waals surface area contributed by atoms with Crippen molar-refractivity contribution in [2.75, 3.05) is 25.0 Å². The molecular formula is C27H29Cl2N3O3S. The van der Waals surface area contributed by atoms with Crippen LogP contribution in [0, 0.1) is 0 Å². The Kier molecular flexibility index (Phi) is 8.77. The van der Waals surface area contributed by atoms with Crippen LogP contribution < -0.4 is 10.1 Å². The van der Waals surface area contributed by atoms with Crippen LogP contribution in [0.15, 0.2) is 60.0 Å². The molecule has 1 aliphatic heterocycles. The van der Waals surface area contributed by atoms with Gasteiger partial charge in [0, 0.05) is 33.2 Å². The summed E-state index contributed by atoms with van der Waals surface area (Å²) >= 11 is 13.8. The van der Waals surface area contributed by atoms with Crippen molar-refractivity contribution in [1.29, 1.82) is 0 Å². The number of nitrogens with zero attached hydrogens (tertiary/aromatic N) is 2. The highest BCUT2D eigenvalue weighted by Gasteiger charge is 2.34. The molecule has 0 spiro atoms. The van der Waals surface area contributed by atoms with Crippen molar-refractivity contribution in [3.05, 3.63) is 80.5 Å². The van der Waals surface area contributed by atoms with Crippen LogP contribution in [0.4, 0.5) is 10.5 Å². The number of hydrogen-bond donors (Lipinski definition) is 1. The van der Waals surface area contributed by atoms with E-state index in [1.54, 1.807) is 52.6 Å². The Hall–Kier alpha value is -2.74. The van der Waals surface area contributed by atoms with Crippen LogP contribution in [0.5, 0.6) is 5.75 Å². The third-order valence-corrected chi connectivity index (χ3v) is 7.89. The summed E-state index contributed by atoms with van der Waals surface area (Å²) in [5, 5.41) is 6.10. The van der Waals surface area contributed by atoms with Gasteiger partial charge >= 0.3 is 6.03 Å². The third-order valence-electron chi connectivity index (χ3n) is 6.40. The predicted octanol–water partition coefficient (Wildman–Crippen LogP) is 6.89. The molecule has 2 heterocycles. The fourth-order valence-electron chi connectivity index (χ4n) is 4.23. The quantitative estimate of drug-likeness (QED) is 0.335. The van der Waals surface area contributed by atoms with E-state index in [9.17, 15) is 9.59 Å². The standard InChI is InChI=1S/C27H29Cl2N3O3S/c1-3-18(2)32(27(34)30-21-6-4-5-20(29)15-21)16-26(33)31-13-11-25-23(12-14-36-25)24(31)17-35-22-9-7-19(28)8-10-22/h4-10,12,14-15,18,24H,3,11,13,16-17H2,1-2H3,(H,30,34)/t18-,24+/m0/s1. The Labute approximate surface area is 225 Å². The van der Waals surface area contributed by atoms with Crippen molar-refractivity contribution in [3.8, 4) is 5.75 Å².